The number of hydrogen-bond acceptors (Lipinski definition) is 10. The molecule has 10 heteroatoms. The maximum atomic E-state index is 12.3. The van der Waals surface area contributed by atoms with E-state index >= 15 is 0 Å². The first-order chi connectivity index (χ1) is 19.8. The van der Waals surface area contributed by atoms with Crippen LogP contribution < -0.4 is 0 Å². The summed E-state index contributed by atoms with van der Waals surface area (Å²) < 4.78 is 21.6. The van der Waals surface area contributed by atoms with Gasteiger partial charge in [-0.3, -0.25) is 9.59 Å². The van der Waals surface area contributed by atoms with E-state index in [2.05, 4.69) is 6.92 Å². The Hall–Kier alpha value is -1.56. The van der Waals surface area contributed by atoms with E-state index in [4.69, 9.17) is 18.9 Å². The fraction of sp³-hybridized carbons (Fsp3) is 0.871. The predicted molar refractivity (Wildman–Crippen MR) is 155 cm³/mol. The Bertz CT molecular complexity index is 698. The molecule has 1 heterocycles. The molecule has 0 spiro atoms. The normalized spacial score (nSPS) is 23.5. The number of carbonyl (C=O) groups is 2. The number of hydrogen-bond donors (Lipinski definition) is 4. The van der Waals surface area contributed by atoms with Gasteiger partial charge in [0.15, 0.2) is 12.4 Å². The lowest BCUT2D eigenvalue weighted by Gasteiger charge is -2.39. The van der Waals surface area contributed by atoms with Gasteiger partial charge in [-0.25, -0.2) is 0 Å². The van der Waals surface area contributed by atoms with E-state index in [0.29, 0.717) is 0 Å². The predicted octanol–water partition coefficient (Wildman–Crippen LogP) is 4.10. The van der Waals surface area contributed by atoms with Crippen LogP contribution in [-0.4, -0.2) is 89.0 Å². The summed E-state index contributed by atoms with van der Waals surface area (Å²) >= 11 is 0. The Morgan fingerprint density at radius 2 is 1.34 bits per heavy atom. The van der Waals surface area contributed by atoms with Gasteiger partial charge in [0.25, 0.3) is 0 Å². The molecule has 0 aromatic heterocycles. The summed E-state index contributed by atoms with van der Waals surface area (Å²) in [6.07, 6.45) is 12.2. The number of carbonyl (C=O) groups excluding carboxylic acids is 2. The fourth-order valence-corrected chi connectivity index (χ4v) is 4.65. The minimum Gasteiger partial charge on any atom is -0.462 e. The minimum absolute atomic E-state index is 0.0390. The van der Waals surface area contributed by atoms with Gasteiger partial charge in [0.1, 0.15) is 31.0 Å². The summed E-state index contributed by atoms with van der Waals surface area (Å²) in [5.41, 5.74) is 0. The lowest BCUT2D eigenvalue weighted by molar-refractivity contribution is -0.305. The zero-order valence-corrected chi connectivity index (χ0v) is 25.3. The molecule has 0 saturated carbocycles. The van der Waals surface area contributed by atoms with Crippen LogP contribution in [0.5, 0.6) is 0 Å². The molecule has 0 aromatic carbocycles. The molecule has 0 amide bonds. The summed E-state index contributed by atoms with van der Waals surface area (Å²) in [5, 5.41) is 39.4. The van der Waals surface area contributed by atoms with Crippen LogP contribution in [0.25, 0.3) is 0 Å². The standard InChI is InChI=1S/C31H56O10/c1-3-5-7-8-9-10-11-12-13-14-15-16-18-19-26(33)38-22-24(40-27(34)20-17-6-4-2)23-39-31-30(37)29(36)28(35)25(21-32)41-31/h6,17,24-25,28-32,35-37H,3-5,7-16,18-23H2,1-2H3/b17-6-/t24-,25?,28?,29?,30?,31?/m1/s1. The Morgan fingerprint density at radius 1 is 0.756 bits per heavy atom. The molecule has 4 N–H and O–H groups in total. The second-order valence-corrected chi connectivity index (χ2v) is 10.9. The zero-order chi connectivity index (χ0) is 30.3. The first-order valence-corrected chi connectivity index (χ1v) is 15.8. The molecule has 1 rings (SSSR count). The number of ether oxygens (including phenoxy) is 4. The molecule has 240 valence electrons. The Kier molecular flexibility index (Phi) is 21.9. The van der Waals surface area contributed by atoms with E-state index in [-0.39, 0.29) is 26.1 Å². The number of allylic oxidation sites excluding steroid dienone is 1. The molecule has 0 aliphatic carbocycles. The highest BCUT2D eigenvalue weighted by atomic mass is 16.7. The van der Waals surface area contributed by atoms with Crippen molar-refractivity contribution in [2.45, 2.75) is 153 Å². The molecule has 0 aromatic rings. The van der Waals surface area contributed by atoms with Crippen LogP contribution in [0.3, 0.4) is 0 Å². The molecular weight excluding hydrogens is 532 g/mol. The largest absolute Gasteiger partial charge is 0.462 e. The fourth-order valence-electron chi connectivity index (χ4n) is 4.65. The average molecular weight is 589 g/mol. The maximum Gasteiger partial charge on any atom is 0.310 e. The number of unbranched alkanes of at least 4 members (excludes halogenated alkanes) is 12. The lowest BCUT2D eigenvalue weighted by atomic mass is 9.99. The monoisotopic (exact) mass is 588 g/mol. The van der Waals surface area contributed by atoms with Crippen molar-refractivity contribution in [2.24, 2.45) is 0 Å². The number of aliphatic hydroxyl groups excluding tert-OH is 4. The van der Waals surface area contributed by atoms with E-state index in [1.807, 2.05) is 13.0 Å². The Morgan fingerprint density at radius 3 is 1.90 bits per heavy atom. The van der Waals surface area contributed by atoms with Crippen molar-refractivity contribution >= 4 is 11.9 Å². The van der Waals surface area contributed by atoms with Crippen molar-refractivity contribution in [3.8, 4) is 0 Å². The molecule has 1 aliphatic rings. The van der Waals surface area contributed by atoms with E-state index in [1.165, 1.54) is 64.2 Å². The zero-order valence-electron chi connectivity index (χ0n) is 25.3. The van der Waals surface area contributed by atoms with Crippen LogP contribution in [0.1, 0.15) is 117 Å². The number of esters is 2. The Balaban J connectivity index is 2.35. The van der Waals surface area contributed by atoms with E-state index < -0.39 is 55.4 Å². The number of rotatable bonds is 24. The van der Waals surface area contributed by atoms with Crippen LogP contribution >= 0.6 is 0 Å². The van der Waals surface area contributed by atoms with Crippen molar-refractivity contribution in [3.05, 3.63) is 12.2 Å². The smallest absolute Gasteiger partial charge is 0.310 e. The van der Waals surface area contributed by atoms with E-state index in [0.717, 1.165) is 25.7 Å². The maximum absolute atomic E-state index is 12.3. The van der Waals surface area contributed by atoms with Gasteiger partial charge in [-0.15, -0.1) is 0 Å². The van der Waals surface area contributed by atoms with Crippen molar-refractivity contribution in [3.63, 3.8) is 0 Å². The van der Waals surface area contributed by atoms with Gasteiger partial charge in [-0.1, -0.05) is 103 Å². The molecule has 0 bridgehead atoms. The van der Waals surface area contributed by atoms with Gasteiger partial charge in [0.2, 0.25) is 0 Å². The molecule has 1 saturated heterocycles. The van der Waals surface area contributed by atoms with Crippen molar-refractivity contribution in [2.75, 3.05) is 19.8 Å². The third kappa shape index (κ3) is 17.2. The van der Waals surface area contributed by atoms with Crippen LogP contribution in [-0.2, 0) is 28.5 Å². The average Bonchev–Trinajstić information content (AvgIpc) is 2.96. The summed E-state index contributed by atoms with van der Waals surface area (Å²) in [5.74, 6) is -0.933. The second-order valence-electron chi connectivity index (χ2n) is 10.9. The van der Waals surface area contributed by atoms with Crippen LogP contribution in [0.2, 0.25) is 0 Å². The molecule has 1 fully saturated rings. The van der Waals surface area contributed by atoms with Crippen molar-refractivity contribution in [1.82, 2.24) is 0 Å². The highest BCUT2D eigenvalue weighted by molar-refractivity contribution is 5.71. The highest BCUT2D eigenvalue weighted by Crippen LogP contribution is 2.22. The molecule has 5 unspecified atom stereocenters. The second kappa shape index (κ2) is 23.9. The van der Waals surface area contributed by atoms with Gasteiger partial charge >= 0.3 is 11.9 Å². The summed E-state index contributed by atoms with van der Waals surface area (Å²) in [4.78, 5) is 24.5. The van der Waals surface area contributed by atoms with Crippen LogP contribution in [0.4, 0.5) is 0 Å². The molecule has 0 radical (unpaired) electrons. The van der Waals surface area contributed by atoms with Crippen molar-refractivity contribution in [1.29, 1.82) is 0 Å². The SMILES string of the molecule is CC/C=C\CC(=O)O[C@H](COC(=O)CCCCCCCCCCCCCCC)COC1OC(CO)C(O)C(O)C1O. The minimum atomic E-state index is -1.59. The van der Waals surface area contributed by atoms with Crippen LogP contribution in [0, 0.1) is 0 Å². The van der Waals surface area contributed by atoms with Crippen molar-refractivity contribution < 1.29 is 49.0 Å². The summed E-state index contributed by atoms with van der Waals surface area (Å²) in [7, 11) is 0. The first kappa shape index (κ1) is 37.5. The first-order valence-electron chi connectivity index (χ1n) is 15.8. The number of aliphatic hydroxyl groups is 4. The third-order valence-electron chi connectivity index (χ3n) is 7.19. The summed E-state index contributed by atoms with van der Waals surface area (Å²) in [6, 6.07) is 0. The van der Waals surface area contributed by atoms with Gasteiger partial charge in [-0.05, 0) is 12.8 Å². The molecule has 10 nitrogen and oxygen atoms in total. The van der Waals surface area contributed by atoms with Gasteiger partial charge < -0.3 is 39.4 Å². The molecule has 1 aliphatic heterocycles. The molecular formula is C31H56O10. The van der Waals surface area contributed by atoms with Gasteiger partial charge in [-0.2, -0.15) is 0 Å². The molecule has 41 heavy (non-hydrogen) atoms. The quantitative estimate of drug-likeness (QED) is 0.0737. The van der Waals surface area contributed by atoms with Gasteiger partial charge in [0, 0.05) is 6.42 Å². The van der Waals surface area contributed by atoms with E-state index in [9.17, 15) is 30.0 Å². The molecule has 6 atom stereocenters. The highest BCUT2D eigenvalue weighted by Gasteiger charge is 2.44. The summed E-state index contributed by atoms with van der Waals surface area (Å²) in [6.45, 7) is 3.05. The van der Waals surface area contributed by atoms with Gasteiger partial charge in [0.05, 0.1) is 19.6 Å². The lowest BCUT2D eigenvalue weighted by Crippen LogP contribution is -2.59. The topological polar surface area (TPSA) is 152 Å². The van der Waals surface area contributed by atoms with Crippen LogP contribution in [0.15, 0.2) is 12.2 Å². The Labute approximate surface area is 246 Å². The van der Waals surface area contributed by atoms with E-state index in [1.54, 1.807) is 6.08 Å². The third-order valence-corrected chi connectivity index (χ3v) is 7.19.